The van der Waals surface area contributed by atoms with Crippen molar-refractivity contribution >= 4 is 17.6 Å². The van der Waals surface area contributed by atoms with Crippen LogP contribution in [0.15, 0.2) is 66.7 Å². The van der Waals surface area contributed by atoms with Gasteiger partial charge < -0.3 is 9.47 Å². The van der Waals surface area contributed by atoms with E-state index in [2.05, 4.69) is 50.9 Å². The molecule has 7 nitrogen and oxygen atoms in total. The first-order chi connectivity index (χ1) is 21.6. The molecule has 1 N–H and O–H groups in total. The van der Waals surface area contributed by atoms with E-state index in [1.54, 1.807) is 7.11 Å². The first-order valence-corrected chi connectivity index (χ1v) is 23.9. The topological polar surface area (TPSA) is 79.3 Å². The second kappa shape index (κ2) is 14.5. The molecule has 2 aliphatic heterocycles. The molecule has 8 heteroatoms. The van der Waals surface area contributed by atoms with Crippen molar-refractivity contribution in [3.05, 3.63) is 89.0 Å². The summed E-state index contributed by atoms with van der Waals surface area (Å²) in [5, 5.41) is 10.7. The van der Waals surface area contributed by atoms with E-state index in [4.69, 9.17) is 9.47 Å². The van der Waals surface area contributed by atoms with E-state index < -0.39 is 30.3 Å². The molecule has 3 atom stereocenters. The molecule has 0 unspecified atom stereocenters. The van der Waals surface area contributed by atoms with E-state index in [1.165, 1.54) is 5.56 Å². The Morgan fingerprint density at radius 1 is 1.07 bits per heavy atom. The Morgan fingerprint density at radius 3 is 2.60 bits per heavy atom. The molecule has 0 spiro atoms. The average Bonchev–Trinajstić information content (AvgIpc) is 3.61. The van der Waals surface area contributed by atoms with Crippen molar-refractivity contribution in [1.29, 1.82) is 0 Å². The molecule has 0 saturated carbocycles. The Bertz CT molecular complexity index is 1500. The van der Waals surface area contributed by atoms with Crippen molar-refractivity contribution in [3.8, 4) is 11.5 Å². The summed E-state index contributed by atoms with van der Waals surface area (Å²) in [5.41, 5.74) is 5.28. The van der Waals surface area contributed by atoms with Gasteiger partial charge in [0.05, 0.1) is 13.7 Å². The number of rotatable bonds is 13. The van der Waals surface area contributed by atoms with Crippen LogP contribution in [0.5, 0.6) is 11.5 Å². The van der Waals surface area contributed by atoms with Crippen LogP contribution in [0.2, 0.25) is 0 Å². The van der Waals surface area contributed by atoms with Gasteiger partial charge in [0.25, 0.3) is 0 Å². The number of likely N-dealkylation sites (tertiary alicyclic amines) is 1. The number of methoxy groups -OCH3 is 1. The Balaban J connectivity index is 1.48. The number of fused-ring (bicyclic) bond motifs is 1. The fourth-order valence-corrected chi connectivity index (χ4v) is 9.98. The van der Waals surface area contributed by atoms with Gasteiger partial charge in [0, 0.05) is 6.42 Å². The standard InChI is InChI=1S/C37H48IN2O5/c1-6-7-18-40(30-13-10-11-26(20-30)23-38(2,3)4)35(41)25-39-24-31(27-15-16-34-29(21-27)17-19-45-34)36(37(42)43)32(39)22-28-12-8-9-14-33(28)44-5/h8-16,20-21,31-32,36H,6-7,17-19,22-25H2,1-5H3,(H,42,43)/q-1/t31-,32+,36-/m1/s1. The number of anilines is 1. The number of carbonyl (C=O) groups excluding carboxylic acids is 1. The molecule has 1 fully saturated rings. The number of hydrogen-bond acceptors (Lipinski definition) is 5. The molecule has 45 heavy (non-hydrogen) atoms. The van der Waals surface area contributed by atoms with Crippen LogP contribution >= 0.6 is 0 Å². The molecule has 1 amide bonds. The number of para-hydroxylation sites is 1. The average molecular weight is 728 g/mol. The molecule has 0 aromatic heterocycles. The van der Waals surface area contributed by atoms with E-state index in [0.29, 0.717) is 26.1 Å². The summed E-state index contributed by atoms with van der Waals surface area (Å²) < 4.78 is 12.5. The zero-order valence-electron chi connectivity index (χ0n) is 27.3. The van der Waals surface area contributed by atoms with Gasteiger partial charge in [-0.25, -0.2) is 0 Å². The fourth-order valence-electron chi connectivity index (χ4n) is 6.86. The molecular weight excluding hydrogens is 679 g/mol. The number of carbonyl (C=O) groups is 2. The number of carboxylic acid groups (broad SMARTS) is 1. The van der Waals surface area contributed by atoms with Gasteiger partial charge >= 0.3 is 208 Å². The molecule has 244 valence electrons. The van der Waals surface area contributed by atoms with Gasteiger partial charge in [-0.15, -0.1) is 0 Å². The van der Waals surface area contributed by atoms with Crippen LogP contribution in [0.25, 0.3) is 0 Å². The molecule has 3 aromatic rings. The maximum atomic E-state index is 14.3. The number of halogens is 1. The molecule has 2 aliphatic rings. The minimum atomic E-state index is -1.78. The van der Waals surface area contributed by atoms with E-state index in [9.17, 15) is 14.7 Å². The molecule has 2 heterocycles. The van der Waals surface area contributed by atoms with Gasteiger partial charge in [-0.05, 0) is 17.7 Å². The number of carboxylic acids is 1. The van der Waals surface area contributed by atoms with Gasteiger partial charge in [-0.2, -0.15) is 0 Å². The van der Waals surface area contributed by atoms with Crippen LogP contribution in [0.4, 0.5) is 5.69 Å². The predicted octanol–water partition coefficient (Wildman–Crippen LogP) is 2.72. The minimum absolute atomic E-state index is 0.00870. The van der Waals surface area contributed by atoms with Gasteiger partial charge in [-0.1, -0.05) is 12.1 Å². The summed E-state index contributed by atoms with van der Waals surface area (Å²) in [6.45, 7) is 4.06. The van der Waals surface area contributed by atoms with Crippen molar-refractivity contribution in [3.63, 3.8) is 0 Å². The normalized spacial score (nSPS) is 20.0. The van der Waals surface area contributed by atoms with Crippen LogP contribution in [0, 0.1) is 5.92 Å². The zero-order chi connectivity index (χ0) is 32.1. The van der Waals surface area contributed by atoms with E-state index in [0.717, 1.165) is 57.6 Å². The Morgan fingerprint density at radius 2 is 1.87 bits per heavy atom. The zero-order valence-corrected chi connectivity index (χ0v) is 29.5. The molecular formula is C37H48IN2O5-. The summed E-state index contributed by atoms with van der Waals surface area (Å²) in [5.74, 6) is -0.162. The number of aliphatic carboxylic acids is 1. The number of hydrogen-bond donors (Lipinski definition) is 1. The SMILES string of the molecule is CCCCN(C(=O)CN1C[C@H](c2ccc3c(c2)CCO3)[C@@H](C(=O)O)[C@@H]1Cc1ccccc1OC)c1cccc(C[I-](C)(C)C)c1. The maximum absolute atomic E-state index is 14.3. The number of unbranched alkanes of at least 4 members (excludes halogenated alkanes) is 1. The predicted molar refractivity (Wildman–Crippen MR) is 177 cm³/mol. The van der Waals surface area contributed by atoms with Crippen molar-refractivity contribution < 1.29 is 42.6 Å². The molecule has 0 radical (unpaired) electrons. The second-order valence-corrected chi connectivity index (χ2v) is 24.9. The van der Waals surface area contributed by atoms with Gasteiger partial charge in [0.15, 0.2) is 0 Å². The van der Waals surface area contributed by atoms with Gasteiger partial charge in [0.1, 0.15) is 5.75 Å². The quantitative estimate of drug-likeness (QED) is 0.216. The first kappa shape index (κ1) is 33.3. The van der Waals surface area contributed by atoms with Gasteiger partial charge in [-0.3, -0.25) is 0 Å². The summed E-state index contributed by atoms with van der Waals surface area (Å²) in [7, 11) is 1.64. The van der Waals surface area contributed by atoms with E-state index >= 15 is 0 Å². The fraction of sp³-hybridized carbons (Fsp3) is 0.459. The number of alkyl halides is 4. The van der Waals surface area contributed by atoms with Crippen LogP contribution < -0.4 is 32.8 Å². The number of ether oxygens (including phenoxy) is 2. The molecule has 5 rings (SSSR count). The monoisotopic (exact) mass is 727 g/mol. The van der Waals surface area contributed by atoms with Crippen LogP contribution in [-0.4, -0.2) is 76.1 Å². The molecule has 3 aromatic carbocycles. The van der Waals surface area contributed by atoms with Crippen LogP contribution in [0.1, 0.15) is 47.9 Å². The summed E-state index contributed by atoms with van der Waals surface area (Å²) in [4.78, 5) is 38.6. The third-order valence-corrected chi connectivity index (χ3v) is 12.1. The molecule has 1 saturated heterocycles. The Hall–Kier alpha value is -3.11. The third kappa shape index (κ3) is 8.01. The number of amides is 1. The van der Waals surface area contributed by atoms with E-state index in [-0.39, 0.29) is 24.4 Å². The first-order valence-electron chi connectivity index (χ1n) is 15.9. The second-order valence-electron chi connectivity index (χ2n) is 13.1. The molecule has 0 bridgehead atoms. The van der Waals surface area contributed by atoms with Gasteiger partial charge in [0.2, 0.25) is 0 Å². The Kier molecular flexibility index (Phi) is 10.7. The van der Waals surface area contributed by atoms with E-state index in [1.807, 2.05) is 47.4 Å². The number of benzene rings is 3. The van der Waals surface area contributed by atoms with Crippen molar-refractivity contribution in [1.82, 2.24) is 4.90 Å². The molecule has 0 aliphatic carbocycles. The van der Waals surface area contributed by atoms with Crippen LogP contribution in [0.3, 0.4) is 0 Å². The van der Waals surface area contributed by atoms with Crippen molar-refractivity contribution in [2.45, 2.75) is 49.0 Å². The van der Waals surface area contributed by atoms with Crippen molar-refractivity contribution in [2.75, 3.05) is 53.0 Å². The third-order valence-electron chi connectivity index (χ3n) is 8.95. The van der Waals surface area contributed by atoms with Crippen LogP contribution in [-0.2, 0) is 26.9 Å². The Labute approximate surface area is 272 Å². The summed E-state index contributed by atoms with van der Waals surface area (Å²) in [6, 6.07) is 22.0. The number of nitrogens with zero attached hydrogens (tertiary/aromatic N) is 2. The van der Waals surface area contributed by atoms with Crippen molar-refractivity contribution in [2.24, 2.45) is 5.92 Å². The summed E-state index contributed by atoms with van der Waals surface area (Å²) >= 11 is -1.78. The summed E-state index contributed by atoms with van der Waals surface area (Å²) in [6.07, 6.45) is 3.17.